The van der Waals surface area contributed by atoms with Crippen LogP contribution >= 0.6 is 7.82 Å². The summed E-state index contributed by atoms with van der Waals surface area (Å²) in [6.45, 7) is 0. The first-order valence-corrected chi connectivity index (χ1v) is 6.68. The number of nitrogens with two attached hydrogens (primary N) is 2. The lowest BCUT2D eigenvalue weighted by Gasteiger charge is -2.41. The topological polar surface area (TPSA) is 214 Å². The van der Waals surface area contributed by atoms with Gasteiger partial charge in [0.2, 0.25) is 0 Å². The molecule has 1 fully saturated rings. The van der Waals surface area contributed by atoms with Crippen molar-refractivity contribution < 1.29 is 44.3 Å². The Balaban J connectivity index is 2.99. The van der Waals surface area contributed by atoms with Crippen molar-refractivity contribution in [1.82, 2.24) is 0 Å². The molecule has 1 aliphatic carbocycles. The van der Waals surface area contributed by atoms with Gasteiger partial charge in [0, 0.05) is 0 Å². The van der Waals surface area contributed by atoms with Crippen molar-refractivity contribution in [2.24, 2.45) is 11.5 Å². The van der Waals surface area contributed by atoms with Gasteiger partial charge in [-0.15, -0.1) is 0 Å². The normalized spacial score (nSPS) is 39.9. The summed E-state index contributed by atoms with van der Waals surface area (Å²) in [7, 11) is -5.03. The molecule has 11 N–H and O–H groups in total. The maximum atomic E-state index is 10.7. The SMILES string of the molecule is NC(N)=[NH+]C1[C@@H](O)[C@H](O)C(OP(=O)(O)O)[C@H](O)[C@H]1O. The molecule has 0 aliphatic heterocycles. The molecule has 12 heteroatoms. The summed E-state index contributed by atoms with van der Waals surface area (Å²) in [5.74, 6) is -0.378. The molecule has 19 heavy (non-hydrogen) atoms. The Morgan fingerprint density at radius 1 is 1.00 bits per heavy atom. The lowest BCUT2D eigenvalue weighted by Crippen LogP contribution is -2.92. The molecule has 11 nitrogen and oxygen atoms in total. The van der Waals surface area contributed by atoms with E-state index in [0.717, 1.165) is 0 Å². The third-order valence-electron chi connectivity index (χ3n) is 2.70. The molecule has 0 spiro atoms. The summed E-state index contributed by atoms with van der Waals surface area (Å²) in [6, 6.07) is -1.33. The molecule has 0 heterocycles. The average molecular weight is 302 g/mol. The zero-order valence-electron chi connectivity index (χ0n) is 9.57. The van der Waals surface area contributed by atoms with Gasteiger partial charge in [0.1, 0.15) is 36.6 Å². The molecule has 0 aromatic rings. The fourth-order valence-electron chi connectivity index (χ4n) is 1.86. The standard InChI is InChI=1S/C7H16N3O8P/c8-7(9)10-1-2(11)4(13)6(5(14)3(1)12)18-19(15,16)17/h1-6,11-14H,(H4,8,9,10)(H2,15,16,17)/p+1/t1?,2-,3+,4+,5-,6?. The van der Waals surface area contributed by atoms with Crippen molar-refractivity contribution in [3.8, 4) is 0 Å². The second kappa shape index (κ2) is 5.69. The molecule has 0 saturated heterocycles. The van der Waals surface area contributed by atoms with Crippen LogP contribution in [0.3, 0.4) is 0 Å². The zero-order valence-corrected chi connectivity index (χ0v) is 10.5. The van der Waals surface area contributed by atoms with Crippen LogP contribution in [-0.4, -0.2) is 72.7 Å². The summed E-state index contributed by atoms with van der Waals surface area (Å²) in [5, 5.41) is 38.7. The highest BCUT2D eigenvalue weighted by Crippen LogP contribution is 2.41. The average Bonchev–Trinajstić information content (AvgIpc) is 2.26. The highest BCUT2D eigenvalue weighted by Gasteiger charge is 2.52. The number of hydrogen-bond acceptors (Lipinski definition) is 6. The van der Waals surface area contributed by atoms with E-state index in [1.54, 1.807) is 0 Å². The van der Waals surface area contributed by atoms with E-state index in [1.165, 1.54) is 0 Å². The van der Waals surface area contributed by atoms with E-state index in [4.69, 9.17) is 21.3 Å². The van der Waals surface area contributed by atoms with Crippen molar-refractivity contribution in [2.75, 3.05) is 0 Å². The molecular formula is C7H17N3O8P+. The van der Waals surface area contributed by atoms with Gasteiger partial charge in [0.15, 0.2) is 0 Å². The minimum absolute atomic E-state index is 0.378. The molecule has 1 aliphatic rings. The van der Waals surface area contributed by atoms with Gasteiger partial charge in [0.25, 0.3) is 0 Å². The Morgan fingerprint density at radius 2 is 1.42 bits per heavy atom. The van der Waals surface area contributed by atoms with E-state index < -0.39 is 44.4 Å². The predicted molar refractivity (Wildman–Crippen MR) is 59.1 cm³/mol. The third-order valence-corrected chi connectivity index (χ3v) is 3.22. The molecule has 0 aromatic carbocycles. The number of guanidine groups is 1. The second-order valence-electron chi connectivity index (χ2n) is 4.15. The van der Waals surface area contributed by atoms with Crippen molar-refractivity contribution in [1.29, 1.82) is 0 Å². The number of phosphoric ester groups is 1. The smallest absolute Gasteiger partial charge is 0.387 e. The van der Waals surface area contributed by atoms with Crippen LogP contribution in [0, 0.1) is 0 Å². The van der Waals surface area contributed by atoms with Crippen LogP contribution in [0.2, 0.25) is 0 Å². The zero-order chi connectivity index (χ0) is 15.0. The molecule has 0 aromatic heterocycles. The van der Waals surface area contributed by atoms with Gasteiger partial charge in [-0.2, -0.15) is 0 Å². The number of aliphatic hydroxyl groups is 4. The lowest BCUT2D eigenvalue weighted by molar-refractivity contribution is -0.544. The highest BCUT2D eigenvalue weighted by molar-refractivity contribution is 7.46. The molecule has 6 atom stereocenters. The molecular weight excluding hydrogens is 285 g/mol. The minimum Gasteiger partial charge on any atom is -0.387 e. The molecule has 1 saturated carbocycles. The van der Waals surface area contributed by atoms with Crippen molar-refractivity contribution >= 4 is 13.8 Å². The Labute approximate surface area is 107 Å². The number of hydrogen-bond donors (Lipinski definition) is 9. The van der Waals surface area contributed by atoms with Gasteiger partial charge >= 0.3 is 13.8 Å². The predicted octanol–water partition coefficient (Wildman–Crippen LogP) is -6.36. The molecule has 0 radical (unpaired) electrons. The maximum absolute atomic E-state index is 10.7. The van der Waals surface area contributed by atoms with Crippen LogP contribution in [-0.2, 0) is 9.09 Å². The van der Waals surface area contributed by atoms with Crippen molar-refractivity contribution in [3.05, 3.63) is 0 Å². The highest BCUT2D eigenvalue weighted by atomic mass is 31.2. The van der Waals surface area contributed by atoms with Crippen LogP contribution in [0.25, 0.3) is 0 Å². The fraction of sp³-hybridized carbons (Fsp3) is 0.857. The Hall–Kier alpha value is -0.780. The van der Waals surface area contributed by atoms with E-state index in [2.05, 4.69) is 9.52 Å². The second-order valence-corrected chi connectivity index (χ2v) is 5.34. The Bertz CT molecular complexity index is 380. The summed E-state index contributed by atoms with van der Waals surface area (Å²) in [4.78, 5) is 19.5. The monoisotopic (exact) mass is 302 g/mol. The Kier molecular flexibility index (Phi) is 4.87. The quantitative estimate of drug-likeness (QED) is 0.136. The molecule has 1 rings (SSSR count). The van der Waals surface area contributed by atoms with Crippen molar-refractivity contribution in [2.45, 2.75) is 36.6 Å². The number of phosphoric acid groups is 1. The van der Waals surface area contributed by atoms with Gasteiger partial charge in [-0.05, 0) is 0 Å². The number of rotatable bonds is 3. The Morgan fingerprint density at radius 3 is 1.74 bits per heavy atom. The number of nitrogens with one attached hydrogen (secondary N) is 1. The van der Waals surface area contributed by atoms with Crippen LogP contribution in [0.4, 0.5) is 0 Å². The van der Waals surface area contributed by atoms with Gasteiger partial charge in [0.05, 0.1) is 0 Å². The van der Waals surface area contributed by atoms with E-state index >= 15 is 0 Å². The van der Waals surface area contributed by atoms with Gasteiger partial charge < -0.3 is 30.2 Å². The molecule has 112 valence electrons. The lowest BCUT2D eigenvalue weighted by atomic mass is 9.83. The first-order chi connectivity index (χ1) is 8.54. The van der Waals surface area contributed by atoms with E-state index in [1.807, 2.05) is 0 Å². The van der Waals surface area contributed by atoms with Crippen LogP contribution in [0.15, 0.2) is 0 Å². The van der Waals surface area contributed by atoms with Crippen LogP contribution < -0.4 is 16.5 Å². The van der Waals surface area contributed by atoms with Crippen LogP contribution in [0.5, 0.6) is 0 Å². The minimum atomic E-state index is -5.03. The third kappa shape index (κ3) is 3.84. The van der Waals surface area contributed by atoms with Crippen LogP contribution in [0.1, 0.15) is 0 Å². The summed E-state index contributed by atoms with van der Waals surface area (Å²) in [5.41, 5.74) is 10.2. The first-order valence-electron chi connectivity index (χ1n) is 5.15. The molecule has 0 amide bonds. The first kappa shape index (κ1) is 16.3. The summed E-state index contributed by atoms with van der Waals surface area (Å²) in [6.07, 6.45) is -9.07. The van der Waals surface area contributed by atoms with Crippen molar-refractivity contribution in [3.63, 3.8) is 0 Å². The van der Waals surface area contributed by atoms with Gasteiger partial charge in [-0.25, -0.2) is 4.57 Å². The van der Waals surface area contributed by atoms with E-state index in [0.29, 0.717) is 0 Å². The van der Waals surface area contributed by atoms with E-state index in [9.17, 15) is 25.0 Å². The molecule has 2 unspecified atom stereocenters. The molecule has 0 bridgehead atoms. The maximum Gasteiger partial charge on any atom is 0.470 e. The summed E-state index contributed by atoms with van der Waals surface area (Å²) < 4.78 is 14.8. The largest absolute Gasteiger partial charge is 0.470 e. The van der Waals surface area contributed by atoms with E-state index in [-0.39, 0.29) is 5.96 Å². The van der Waals surface area contributed by atoms with Gasteiger partial charge in [-0.1, -0.05) is 0 Å². The number of aliphatic hydroxyl groups excluding tert-OH is 4. The fourth-order valence-corrected chi connectivity index (χ4v) is 2.43. The summed E-state index contributed by atoms with van der Waals surface area (Å²) >= 11 is 0. The van der Waals surface area contributed by atoms with Gasteiger partial charge in [-0.3, -0.25) is 21.0 Å².